The van der Waals surface area contributed by atoms with Gasteiger partial charge < -0.3 is 5.32 Å². The van der Waals surface area contributed by atoms with Crippen LogP contribution in [0.5, 0.6) is 0 Å². The van der Waals surface area contributed by atoms with Crippen molar-refractivity contribution in [1.29, 1.82) is 0 Å². The number of anilines is 1. The van der Waals surface area contributed by atoms with Gasteiger partial charge >= 0.3 is 0 Å². The Morgan fingerprint density at radius 3 is 2.33 bits per heavy atom. The van der Waals surface area contributed by atoms with Gasteiger partial charge in [0.15, 0.2) is 0 Å². The van der Waals surface area contributed by atoms with Gasteiger partial charge in [-0.3, -0.25) is 5.10 Å². The maximum atomic E-state index is 3.97. The molecule has 2 N–H and O–H groups in total. The third-order valence-electron chi connectivity index (χ3n) is 3.45. The first-order valence-electron chi connectivity index (χ1n) is 6.84. The number of aromatic amines is 1. The molecule has 0 bridgehead atoms. The van der Waals surface area contributed by atoms with E-state index < -0.39 is 0 Å². The van der Waals surface area contributed by atoms with Crippen LogP contribution in [0.4, 0.5) is 5.69 Å². The third-order valence-corrected chi connectivity index (χ3v) is 3.98. The molecule has 0 aliphatic heterocycles. The molecule has 3 aromatic rings. The lowest BCUT2D eigenvalue weighted by Gasteiger charge is -2.16. The first-order valence-corrected chi connectivity index (χ1v) is 7.63. The summed E-state index contributed by atoms with van der Waals surface area (Å²) in [5.74, 6) is 0. The molecule has 106 valence electrons. The van der Waals surface area contributed by atoms with Gasteiger partial charge in [0, 0.05) is 22.4 Å². The molecule has 3 rings (SSSR count). The molecule has 1 unspecified atom stereocenters. The molecule has 21 heavy (non-hydrogen) atoms. The van der Waals surface area contributed by atoms with E-state index in [0.717, 1.165) is 21.4 Å². The minimum absolute atomic E-state index is 0.260. The molecule has 0 fully saturated rings. The SMILES string of the molecule is CC(Nc1ccc(-c2ccn[nH]2)cc1)c1ccc(Br)cc1. The molecule has 0 aliphatic rings. The van der Waals surface area contributed by atoms with Gasteiger partial charge in [-0.15, -0.1) is 0 Å². The van der Waals surface area contributed by atoms with Gasteiger partial charge in [-0.25, -0.2) is 0 Å². The van der Waals surface area contributed by atoms with Crippen LogP contribution in [0, 0.1) is 0 Å². The van der Waals surface area contributed by atoms with Crippen LogP contribution in [0.3, 0.4) is 0 Å². The summed E-state index contributed by atoms with van der Waals surface area (Å²) >= 11 is 3.46. The predicted octanol–water partition coefficient (Wildman–Crippen LogP) is 5.01. The van der Waals surface area contributed by atoms with E-state index in [0.29, 0.717) is 0 Å². The normalized spacial score (nSPS) is 12.1. The van der Waals surface area contributed by atoms with E-state index in [1.807, 2.05) is 6.07 Å². The monoisotopic (exact) mass is 341 g/mol. The molecule has 3 nitrogen and oxygen atoms in total. The second-order valence-electron chi connectivity index (χ2n) is 4.97. The summed E-state index contributed by atoms with van der Waals surface area (Å²) in [5.41, 5.74) is 4.53. The van der Waals surface area contributed by atoms with Crippen LogP contribution in [0.15, 0.2) is 65.3 Å². The summed E-state index contributed by atoms with van der Waals surface area (Å²) in [7, 11) is 0. The molecular formula is C17H16BrN3. The standard InChI is InChI=1S/C17H16BrN3/c1-12(13-2-6-15(18)7-3-13)20-16-8-4-14(5-9-16)17-10-11-19-21-17/h2-12,20H,1H3,(H,19,21). The Kier molecular flexibility index (Phi) is 4.06. The molecule has 0 saturated heterocycles. The van der Waals surface area contributed by atoms with E-state index in [-0.39, 0.29) is 6.04 Å². The Bertz CT molecular complexity index is 688. The van der Waals surface area contributed by atoms with Gasteiger partial charge in [0.05, 0.1) is 5.69 Å². The molecule has 2 aromatic carbocycles. The molecule has 0 spiro atoms. The van der Waals surface area contributed by atoms with Crippen molar-refractivity contribution in [3.05, 3.63) is 70.8 Å². The minimum atomic E-state index is 0.260. The average Bonchev–Trinajstić information content (AvgIpc) is 3.03. The highest BCUT2D eigenvalue weighted by Crippen LogP contribution is 2.23. The number of benzene rings is 2. The Morgan fingerprint density at radius 1 is 1.00 bits per heavy atom. The molecular weight excluding hydrogens is 326 g/mol. The highest BCUT2D eigenvalue weighted by atomic mass is 79.9. The minimum Gasteiger partial charge on any atom is -0.379 e. The van der Waals surface area contributed by atoms with Gasteiger partial charge in [-0.1, -0.05) is 40.2 Å². The van der Waals surface area contributed by atoms with E-state index in [2.05, 4.69) is 86.9 Å². The lowest BCUT2D eigenvalue weighted by molar-refractivity contribution is 0.884. The van der Waals surface area contributed by atoms with Crippen molar-refractivity contribution in [3.8, 4) is 11.3 Å². The summed E-state index contributed by atoms with van der Waals surface area (Å²) in [6.07, 6.45) is 1.76. The molecule has 1 aromatic heterocycles. The lowest BCUT2D eigenvalue weighted by Crippen LogP contribution is -2.06. The maximum absolute atomic E-state index is 3.97. The number of H-pyrrole nitrogens is 1. The van der Waals surface area contributed by atoms with Crippen LogP contribution < -0.4 is 5.32 Å². The number of hydrogen-bond acceptors (Lipinski definition) is 2. The highest BCUT2D eigenvalue weighted by Gasteiger charge is 2.05. The first kappa shape index (κ1) is 13.9. The predicted molar refractivity (Wildman–Crippen MR) is 90.2 cm³/mol. The molecule has 0 amide bonds. The fourth-order valence-electron chi connectivity index (χ4n) is 2.25. The number of hydrogen-bond donors (Lipinski definition) is 2. The number of rotatable bonds is 4. The van der Waals surface area contributed by atoms with Crippen molar-refractivity contribution in [2.75, 3.05) is 5.32 Å². The van der Waals surface area contributed by atoms with E-state index in [4.69, 9.17) is 0 Å². The van der Waals surface area contributed by atoms with E-state index >= 15 is 0 Å². The van der Waals surface area contributed by atoms with Gasteiger partial charge in [0.25, 0.3) is 0 Å². The number of nitrogens with one attached hydrogen (secondary N) is 2. The lowest BCUT2D eigenvalue weighted by atomic mass is 10.1. The zero-order chi connectivity index (χ0) is 14.7. The van der Waals surface area contributed by atoms with Crippen LogP contribution in [-0.2, 0) is 0 Å². The molecule has 4 heteroatoms. The Hall–Kier alpha value is -2.07. The van der Waals surface area contributed by atoms with Gasteiger partial charge in [0.2, 0.25) is 0 Å². The number of nitrogens with zero attached hydrogens (tertiary/aromatic N) is 1. The van der Waals surface area contributed by atoms with Crippen molar-refractivity contribution in [3.63, 3.8) is 0 Å². The van der Waals surface area contributed by atoms with E-state index in [1.165, 1.54) is 5.56 Å². The van der Waals surface area contributed by atoms with Crippen LogP contribution in [0.1, 0.15) is 18.5 Å². The molecule has 0 saturated carbocycles. The summed E-state index contributed by atoms with van der Waals surface area (Å²) in [6, 6.07) is 19.0. The Balaban J connectivity index is 1.71. The topological polar surface area (TPSA) is 40.7 Å². The molecule has 1 heterocycles. The molecule has 0 aliphatic carbocycles. The van der Waals surface area contributed by atoms with Crippen LogP contribution in [-0.4, -0.2) is 10.2 Å². The van der Waals surface area contributed by atoms with Crippen molar-refractivity contribution in [2.24, 2.45) is 0 Å². The quantitative estimate of drug-likeness (QED) is 0.700. The number of halogens is 1. The van der Waals surface area contributed by atoms with Crippen LogP contribution in [0.25, 0.3) is 11.3 Å². The highest BCUT2D eigenvalue weighted by molar-refractivity contribution is 9.10. The third kappa shape index (κ3) is 3.34. The van der Waals surface area contributed by atoms with Crippen LogP contribution >= 0.6 is 15.9 Å². The Labute approximate surface area is 132 Å². The second kappa shape index (κ2) is 6.14. The van der Waals surface area contributed by atoms with Gasteiger partial charge in [-0.2, -0.15) is 5.10 Å². The van der Waals surface area contributed by atoms with Gasteiger partial charge in [0.1, 0.15) is 0 Å². The van der Waals surface area contributed by atoms with E-state index in [1.54, 1.807) is 6.20 Å². The first-order chi connectivity index (χ1) is 10.2. The second-order valence-corrected chi connectivity index (χ2v) is 5.88. The Morgan fingerprint density at radius 2 is 1.71 bits per heavy atom. The summed E-state index contributed by atoms with van der Waals surface area (Å²) < 4.78 is 1.10. The zero-order valence-corrected chi connectivity index (χ0v) is 13.3. The van der Waals surface area contributed by atoms with Crippen molar-refractivity contribution < 1.29 is 0 Å². The van der Waals surface area contributed by atoms with Crippen LogP contribution in [0.2, 0.25) is 0 Å². The average molecular weight is 342 g/mol. The smallest absolute Gasteiger partial charge is 0.0650 e. The maximum Gasteiger partial charge on any atom is 0.0650 e. The fraction of sp³-hybridized carbons (Fsp3) is 0.118. The summed E-state index contributed by atoms with van der Waals surface area (Å²) in [6.45, 7) is 2.16. The van der Waals surface area contributed by atoms with Crippen molar-refractivity contribution in [2.45, 2.75) is 13.0 Å². The fourth-order valence-corrected chi connectivity index (χ4v) is 2.51. The number of aromatic nitrogens is 2. The van der Waals surface area contributed by atoms with Gasteiger partial charge in [-0.05, 0) is 48.4 Å². The summed E-state index contributed by atoms with van der Waals surface area (Å²) in [4.78, 5) is 0. The molecule has 1 atom stereocenters. The van der Waals surface area contributed by atoms with E-state index in [9.17, 15) is 0 Å². The largest absolute Gasteiger partial charge is 0.379 e. The molecule has 0 radical (unpaired) electrons. The van der Waals surface area contributed by atoms with Crippen molar-refractivity contribution in [1.82, 2.24) is 10.2 Å². The summed E-state index contributed by atoms with van der Waals surface area (Å²) in [5, 5.41) is 10.5. The van der Waals surface area contributed by atoms with Crippen molar-refractivity contribution >= 4 is 21.6 Å². The zero-order valence-electron chi connectivity index (χ0n) is 11.7.